The highest BCUT2D eigenvalue weighted by molar-refractivity contribution is 9.10. The predicted molar refractivity (Wildman–Crippen MR) is 61.5 cm³/mol. The van der Waals surface area contributed by atoms with Gasteiger partial charge < -0.3 is 15.2 Å². The van der Waals surface area contributed by atoms with Gasteiger partial charge in [0.25, 0.3) is 0 Å². The number of nitro groups is 1. The fraction of sp³-hybridized carbons (Fsp3) is 0.111. The third kappa shape index (κ3) is 2.19. The number of hydrogen-bond acceptors (Lipinski definition) is 4. The van der Waals surface area contributed by atoms with E-state index in [9.17, 15) is 28.1 Å². The summed E-state index contributed by atoms with van der Waals surface area (Å²) in [4.78, 5) is 23.8. The molecular weight excluding hydrogens is 351 g/mol. The van der Waals surface area contributed by atoms with E-state index in [0.717, 1.165) is 6.20 Å². The van der Waals surface area contributed by atoms with Crippen LogP contribution in [-0.2, 0) is 6.18 Å². The summed E-state index contributed by atoms with van der Waals surface area (Å²) in [5.74, 6) is -2.83. The van der Waals surface area contributed by atoms with Crippen molar-refractivity contribution < 1.29 is 28.0 Å². The van der Waals surface area contributed by atoms with Crippen molar-refractivity contribution >= 4 is 33.4 Å². The summed E-state index contributed by atoms with van der Waals surface area (Å²) in [5, 5.41) is 19.7. The average molecular weight is 354 g/mol. The van der Waals surface area contributed by atoms with Crippen LogP contribution in [0, 0.1) is 10.1 Å². The number of rotatable bonds is 2. The van der Waals surface area contributed by atoms with Gasteiger partial charge in [-0.2, -0.15) is 22.6 Å². The van der Waals surface area contributed by atoms with E-state index in [4.69, 9.17) is 5.11 Å². The number of aromatic nitrogens is 2. The second kappa shape index (κ2) is 4.44. The summed E-state index contributed by atoms with van der Waals surface area (Å²) in [6.45, 7) is 0. The van der Waals surface area contributed by atoms with Crippen molar-refractivity contribution in [3.05, 3.63) is 38.1 Å². The van der Waals surface area contributed by atoms with Crippen molar-refractivity contribution in [2.75, 3.05) is 0 Å². The molecule has 0 aliphatic carbocycles. The van der Waals surface area contributed by atoms with E-state index in [0.29, 0.717) is 10.5 Å². The molecule has 2 heterocycles. The molecule has 11 heteroatoms. The monoisotopic (exact) mass is 353 g/mol. The van der Waals surface area contributed by atoms with E-state index < -0.39 is 39.8 Å². The molecule has 0 unspecified atom stereocenters. The maximum atomic E-state index is 12.8. The Labute approximate surface area is 115 Å². The Morgan fingerprint density at radius 2 is 2.10 bits per heavy atom. The van der Waals surface area contributed by atoms with Crippen molar-refractivity contribution in [2.45, 2.75) is 6.18 Å². The van der Waals surface area contributed by atoms with Gasteiger partial charge in [-0.15, -0.1) is 0 Å². The number of pyridine rings is 1. The van der Waals surface area contributed by atoms with Gasteiger partial charge in [0.2, 0.25) is 11.3 Å². The summed E-state index contributed by atoms with van der Waals surface area (Å²) in [6.07, 6.45) is -3.89. The molecule has 0 radical (unpaired) electrons. The van der Waals surface area contributed by atoms with Gasteiger partial charge in [0.1, 0.15) is 11.8 Å². The van der Waals surface area contributed by atoms with E-state index >= 15 is 0 Å². The number of carboxylic acids is 1. The van der Waals surface area contributed by atoms with Gasteiger partial charge in [-0.1, -0.05) is 0 Å². The summed E-state index contributed by atoms with van der Waals surface area (Å²) in [5.41, 5.74) is -3.18. The van der Waals surface area contributed by atoms with Gasteiger partial charge >= 0.3 is 18.0 Å². The predicted octanol–water partition coefficient (Wildman–Crippen LogP) is 2.72. The molecule has 20 heavy (non-hydrogen) atoms. The Balaban J connectivity index is 2.98. The number of aromatic carboxylic acids is 1. The zero-order valence-corrected chi connectivity index (χ0v) is 10.8. The second-order valence-electron chi connectivity index (χ2n) is 3.61. The van der Waals surface area contributed by atoms with Gasteiger partial charge in [-0.25, -0.2) is 4.79 Å². The smallest absolute Gasteiger partial charge is 0.422 e. The maximum absolute atomic E-state index is 12.8. The molecule has 106 valence electrons. The lowest BCUT2D eigenvalue weighted by atomic mass is 10.2. The maximum Gasteiger partial charge on any atom is 0.422 e. The van der Waals surface area contributed by atoms with E-state index in [2.05, 4.69) is 20.9 Å². The zero-order valence-electron chi connectivity index (χ0n) is 9.18. The van der Waals surface area contributed by atoms with E-state index in [-0.39, 0.29) is 4.47 Å². The first-order chi connectivity index (χ1) is 9.12. The number of carboxylic acid groups (broad SMARTS) is 1. The molecule has 0 spiro atoms. The Kier molecular flexibility index (Phi) is 3.16. The molecule has 0 aromatic carbocycles. The number of halogens is 4. The van der Waals surface area contributed by atoms with Gasteiger partial charge in [-0.3, -0.25) is 0 Å². The summed E-state index contributed by atoms with van der Waals surface area (Å²) < 4.78 is 38.9. The number of fused-ring (bicyclic) bond motifs is 1. The number of carbonyl (C=O) groups is 1. The topological polar surface area (TPSA) is 97.7 Å². The van der Waals surface area contributed by atoms with Crippen LogP contribution < -0.4 is 0 Å². The highest BCUT2D eigenvalue weighted by atomic mass is 79.9. The number of hydrogen-bond donors (Lipinski definition) is 1. The first-order valence-electron chi connectivity index (χ1n) is 4.79. The first kappa shape index (κ1) is 14.2. The highest BCUT2D eigenvalue weighted by Crippen LogP contribution is 2.36. The van der Waals surface area contributed by atoms with E-state index in [1.54, 1.807) is 0 Å². The van der Waals surface area contributed by atoms with Crippen molar-refractivity contribution in [1.29, 1.82) is 0 Å². The molecule has 2 rings (SSSR count). The van der Waals surface area contributed by atoms with Crippen LogP contribution in [0.2, 0.25) is 0 Å². The molecule has 2 aromatic heterocycles. The molecule has 0 aliphatic rings. The number of nitrogens with zero attached hydrogens (tertiary/aromatic N) is 3. The Morgan fingerprint density at radius 1 is 1.50 bits per heavy atom. The highest BCUT2D eigenvalue weighted by Gasteiger charge is 2.39. The third-order valence-electron chi connectivity index (χ3n) is 2.34. The van der Waals surface area contributed by atoms with Crippen LogP contribution in [0.1, 0.15) is 16.1 Å². The SMILES string of the molecule is O=C(O)c1nc2c(C(F)(F)F)cc(Br)cn2c1[N+](=O)[O-]. The Morgan fingerprint density at radius 3 is 2.55 bits per heavy atom. The molecule has 0 aliphatic heterocycles. The molecule has 1 N–H and O–H groups in total. The van der Waals surface area contributed by atoms with E-state index in [1.165, 1.54) is 0 Å². The number of alkyl halides is 3. The minimum atomic E-state index is -4.83. The molecule has 0 amide bonds. The molecule has 0 saturated carbocycles. The Bertz CT molecular complexity index is 740. The molecule has 2 aromatic rings. The lowest BCUT2D eigenvalue weighted by molar-refractivity contribution is -0.390. The summed E-state index contributed by atoms with van der Waals surface area (Å²) in [6, 6.07) is 0.664. The van der Waals surface area contributed by atoms with Crippen LogP contribution >= 0.6 is 15.9 Å². The molecule has 7 nitrogen and oxygen atoms in total. The van der Waals surface area contributed by atoms with Gasteiger partial charge in [0, 0.05) is 0 Å². The molecule has 0 fully saturated rings. The largest absolute Gasteiger partial charge is 0.476 e. The first-order valence-corrected chi connectivity index (χ1v) is 5.58. The standard InChI is InChI=1S/C9H3BrF3N3O4/c10-3-1-4(9(11,12)13)6-14-5(8(17)18)7(16(19)20)15(6)2-3/h1-2H,(H,17,18). The molecule has 0 bridgehead atoms. The fourth-order valence-electron chi connectivity index (χ4n) is 1.63. The lowest BCUT2D eigenvalue weighted by Gasteiger charge is -2.06. The summed E-state index contributed by atoms with van der Waals surface area (Å²) in [7, 11) is 0. The quantitative estimate of drug-likeness (QED) is 0.661. The van der Waals surface area contributed by atoms with Crippen LogP contribution in [-0.4, -0.2) is 25.4 Å². The van der Waals surface area contributed by atoms with Crippen molar-refractivity contribution in [3.8, 4) is 0 Å². The van der Waals surface area contributed by atoms with Crippen LogP contribution in [0.25, 0.3) is 5.65 Å². The second-order valence-corrected chi connectivity index (χ2v) is 4.53. The van der Waals surface area contributed by atoms with Crippen LogP contribution in [0.15, 0.2) is 16.7 Å². The van der Waals surface area contributed by atoms with Crippen LogP contribution in [0.4, 0.5) is 19.0 Å². The van der Waals surface area contributed by atoms with Crippen molar-refractivity contribution in [2.24, 2.45) is 0 Å². The van der Waals surface area contributed by atoms with Crippen LogP contribution in [0.3, 0.4) is 0 Å². The minimum Gasteiger partial charge on any atom is -0.476 e. The minimum absolute atomic E-state index is 0.102. The average Bonchev–Trinajstić information content (AvgIpc) is 2.65. The normalized spacial score (nSPS) is 11.8. The van der Waals surface area contributed by atoms with E-state index in [1.807, 2.05) is 0 Å². The molecule has 0 atom stereocenters. The molecular formula is C9H3BrF3N3O4. The van der Waals surface area contributed by atoms with Crippen LogP contribution in [0.5, 0.6) is 0 Å². The van der Waals surface area contributed by atoms with Gasteiger partial charge in [-0.05, 0) is 26.9 Å². The van der Waals surface area contributed by atoms with Crippen molar-refractivity contribution in [1.82, 2.24) is 9.38 Å². The van der Waals surface area contributed by atoms with Gasteiger partial charge in [0.05, 0.1) is 4.47 Å². The lowest BCUT2D eigenvalue weighted by Crippen LogP contribution is -2.08. The zero-order chi connectivity index (χ0) is 15.2. The van der Waals surface area contributed by atoms with Crippen molar-refractivity contribution in [3.63, 3.8) is 0 Å². The summed E-state index contributed by atoms with van der Waals surface area (Å²) >= 11 is 2.79. The third-order valence-corrected chi connectivity index (χ3v) is 2.78. The Hall–Kier alpha value is -2.17. The fourth-order valence-corrected chi connectivity index (χ4v) is 2.06. The van der Waals surface area contributed by atoms with Gasteiger partial charge in [0.15, 0.2) is 0 Å². The number of imidazole rings is 1. The molecule has 0 saturated heterocycles.